The molecule has 0 aliphatic heterocycles. The molecule has 0 N–H and O–H groups in total. The van der Waals surface area contributed by atoms with Gasteiger partial charge in [0.1, 0.15) is 11.5 Å². The van der Waals surface area contributed by atoms with Gasteiger partial charge in [0, 0.05) is 11.1 Å². The van der Waals surface area contributed by atoms with E-state index in [2.05, 4.69) is 9.97 Å². The maximum atomic E-state index is 6.10. The molecule has 0 saturated carbocycles. The molecule has 0 unspecified atom stereocenters. The van der Waals surface area contributed by atoms with Crippen LogP contribution in [-0.2, 0) is 6.42 Å². The van der Waals surface area contributed by atoms with Gasteiger partial charge in [0.05, 0.1) is 19.9 Å². The average Bonchev–Trinajstić information content (AvgIpc) is 2.46. The number of hydrogen-bond acceptors (Lipinski definition) is 4. The first-order valence-corrected chi connectivity index (χ1v) is 6.30. The average molecular weight is 279 g/mol. The molecule has 0 fully saturated rings. The fraction of sp³-hybridized carbons (Fsp3) is 0.286. The number of benzene rings is 1. The van der Waals surface area contributed by atoms with Crippen molar-refractivity contribution in [3.05, 3.63) is 35.2 Å². The van der Waals surface area contributed by atoms with Crippen LogP contribution in [0.1, 0.15) is 12.5 Å². The topological polar surface area (TPSA) is 44.2 Å². The SMILES string of the molecule is CCc1c(Cl)ncnc1-c1ccc(OC)c(OC)c1. The molecule has 2 aromatic rings. The Morgan fingerprint density at radius 3 is 2.47 bits per heavy atom. The summed E-state index contributed by atoms with van der Waals surface area (Å²) < 4.78 is 10.5. The Hall–Kier alpha value is -1.81. The summed E-state index contributed by atoms with van der Waals surface area (Å²) in [6.45, 7) is 2.02. The van der Waals surface area contributed by atoms with E-state index in [0.29, 0.717) is 16.7 Å². The third-order valence-corrected chi connectivity index (χ3v) is 3.23. The van der Waals surface area contributed by atoms with Crippen LogP contribution in [0.3, 0.4) is 0 Å². The molecule has 0 bridgehead atoms. The van der Waals surface area contributed by atoms with E-state index in [1.54, 1.807) is 14.2 Å². The van der Waals surface area contributed by atoms with Crippen molar-refractivity contribution in [1.29, 1.82) is 0 Å². The van der Waals surface area contributed by atoms with Crippen LogP contribution in [-0.4, -0.2) is 24.2 Å². The van der Waals surface area contributed by atoms with E-state index in [0.717, 1.165) is 23.2 Å². The Kier molecular flexibility index (Phi) is 4.22. The second-order valence-corrected chi connectivity index (χ2v) is 4.27. The lowest BCUT2D eigenvalue weighted by molar-refractivity contribution is 0.355. The smallest absolute Gasteiger partial charge is 0.161 e. The molecular weight excluding hydrogens is 264 g/mol. The number of nitrogens with zero attached hydrogens (tertiary/aromatic N) is 2. The van der Waals surface area contributed by atoms with Crippen molar-refractivity contribution in [2.45, 2.75) is 13.3 Å². The van der Waals surface area contributed by atoms with Crippen LogP contribution < -0.4 is 9.47 Å². The summed E-state index contributed by atoms with van der Waals surface area (Å²) in [5, 5.41) is 0.488. The molecule has 5 heteroatoms. The largest absolute Gasteiger partial charge is 0.493 e. The molecule has 0 atom stereocenters. The molecule has 0 aliphatic carbocycles. The van der Waals surface area contributed by atoms with Gasteiger partial charge in [0.25, 0.3) is 0 Å². The number of aromatic nitrogens is 2. The molecule has 1 heterocycles. The third kappa shape index (κ3) is 2.63. The standard InChI is InChI=1S/C14H15ClN2O2/c1-4-10-13(16-8-17-14(10)15)9-5-6-11(18-2)12(7-9)19-3/h5-8H,4H2,1-3H3. The summed E-state index contributed by atoms with van der Waals surface area (Å²) in [5.41, 5.74) is 2.68. The van der Waals surface area contributed by atoms with Crippen molar-refractivity contribution in [3.8, 4) is 22.8 Å². The summed E-state index contributed by atoms with van der Waals surface area (Å²) in [6.07, 6.45) is 2.23. The monoisotopic (exact) mass is 278 g/mol. The van der Waals surface area contributed by atoms with Crippen LogP contribution >= 0.6 is 11.6 Å². The van der Waals surface area contributed by atoms with E-state index in [4.69, 9.17) is 21.1 Å². The molecular formula is C14H15ClN2O2. The lowest BCUT2D eigenvalue weighted by Gasteiger charge is -2.11. The second kappa shape index (κ2) is 5.89. The molecule has 1 aromatic carbocycles. The first-order valence-electron chi connectivity index (χ1n) is 5.93. The van der Waals surface area contributed by atoms with Gasteiger partial charge >= 0.3 is 0 Å². The zero-order valence-corrected chi connectivity index (χ0v) is 11.9. The van der Waals surface area contributed by atoms with E-state index < -0.39 is 0 Å². The lowest BCUT2D eigenvalue weighted by Crippen LogP contribution is -1.97. The summed E-state index contributed by atoms with van der Waals surface area (Å²) in [5.74, 6) is 1.35. The minimum absolute atomic E-state index is 0.488. The van der Waals surface area contributed by atoms with Crippen molar-refractivity contribution in [2.24, 2.45) is 0 Å². The van der Waals surface area contributed by atoms with Crippen LogP contribution in [0.15, 0.2) is 24.5 Å². The number of rotatable bonds is 4. The van der Waals surface area contributed by atoms with Crippen LogP contribution in [0.4, 0.5) is 0 Å². The first kappa shape index (κ1) is 13.6. The quantitative estimate of drug-likeness (QED) is 0.804. The van der Waals surface area contributed by atoms with Crippen molar-refractivity contribution in [3.63, 3.8) is 0 Å². The van der Waals surface area contributed by atoms with Crippen LogP contribution in [0.2, 0.25) is 5.15 Å². The van der Waals surface area contributed by atoms with Crippen molar-refractivity contribution >= 4 is 11.6 Å². The number of halogens is 1. The van der Waals surface area contributed by atoms with E-state index >= 15 is 0 Å². The van der Waals surface area contributed by atoms with Gasteiger partial charge in [-0.3, -0.25) is 0 Å². The van der Waals surface area contributed by atoms with Crippen LogP contribution in [0.25, 0.3) is 11.3 Å². The zero-order valence-electron chi connectivity index (χ0n) is 11.1. The van der Waals surface area contributed by atoms with Gasteiger partial charge < -0.3 is 9.47 Å². The van der Waals surface area contributed by atoms with Crippen molar-refractivity contribution in [2.75, 3.05) is 14.2 Å². The molecule has 19 heavy (non-hydrogen) atoms. The highest BCUT2D eigenvalue weighted by atomic mass is 35.5. The number of ether oxygens (including phenoxy) is 2. The summed E-state index contributed by atoms with van der Waals surface area (Å²) in [4.78, 5) is 8.33. The highest BCUT2D eigenvalue weighted by Crippen LogP contribution is 2.33. The lowest BCUT2D eigenvalue weighted by atomic mass is 10.0. The van der Waals surface area contributed by atoms with Crippen LogP contribution in [0.5, 0.6) is 11.5 Å². The fourth-order valence-corrected chi connectivity index (χ4v) is 2.20. The van der Waals surface area contributed by atoms with E-state index in [1.165, 1.54) is 6.33 Å². The summed E-state index contributed by atoms with van der Waals surface area (Å²) in [6, 6.07) is 5.67. The van der Waals surface area contributed by atoms with Gasteiger partial charge in [-0.1, -0.05) is 18.5 Å². The predicted octanol–water partition coefficient (Wildman–Crippen LogP) is 3.38. The normalized spacial score (nSPS) is 10.3. The molecule has 0 radical (unpaired) electrons. The molecule has 1 aromatic heterocycles. The Bertz CT molecular complexity index is 588. The number of methoxy groups -OCH3 is 2. The van der Waals surface area contributed by atoms with Crippen molar-refractivity contribution < 1.29 is 9.47 Å². The van der Waals surface area contributed by atoms with Gasteiger partial charge in [-0.25, -0.2) is 9.97 Å². The Morgan fingerprint density at radius 1 is 1.11 bits per heavy atom. The highest BCUT2D eigenvalue weighted by Gasteiger charge is 2.12. The van der Waals surface area contributed by atoms with E-state index in [-0.39, 0.29) is 0 Å². The first-order chi connectivity index (χ1) is 9.21. The van der Waals surface area contributed by atoms with Crippen molar-refractivity contribution in [1.82, 2.24) is 9.97 Å². The summed E-state index contributed by atoms with van der Waals surface area (Å²) >= 11 is 6.10. The Labute approximate surface area is 117 Å². The molecule has 100 valence electrons. The third-order valence-electron chi connectivity index (χ3n) is 2.90. The Balaban J connectivity index is 2.56. The van der Waals surface area contributed by atoms with Gasteiger partial charge in [0.2, 0.25) is 0 Å². The molecule has 2 rings (SSSR count). The molecule has 0 spiro atoms. The zero-order chi connectivity index (χ0) is 13.8. The number of hydrogen-bond donors (Lipinski definition) is 0. The molecule has 4 nitrogen and oxygen atoms in total. The van der Waals surface area contributed by atoms with E-state index in [1.807, 2.05) is 25.1 Å². The Morgan fingerprint density at radius 2 is 1.84 bits per heavy atom. The molecule has 0 saturated heterocycles. The second-order valence-electron chi connectivity index (χ2n) is 3.91. The van der Waals surface area contributed by atoms with Gasteiger partial charge in [0.15, 0.2) is 11.5 Å². The van der Waals surface area contributed by atoms with Gasteiger partial charge in [-0.2, -0.15) is 0 Å². The summed E-state index contributed by atoms with van der Waals surface area (Å²) in [7, 11) is 3.21. The van der Waals surface area contributed by atoms with Gasteiger partial charge in [-0.05, 0) is 24.6 Å². The highest BCUT2D eigenvalue weighted by molar-refractivity contribution is 6.30. The minimum Gasteiger partial charge on any atom is -0.493 e. The fourth-order valence-electron chi connectivity index (χ4n) is 1.94. The molecule has 0 aliphatic rings. The maximum Gasteiger partial charge on any atom is 0.161 e. The van der Waals surface area contributed by atoms with Gasteiger partial charge in [-0.15, -0.1) is 0 Å². The minimum atomic E-state index is 0.488. The van der Waals surface area contributed by atoms with Crippen LogP contribution in [0, 0.1) is 0 Å². The maximum absolute atomic E-state index is 6.10. The van der Waals surface area contributed by atoms with E-state index in [9.17, 15) is 0 Å². The predicted molar refractivity (Wildman–Crippen MR) is 75.0 cm³/mol. The molecule has 0 amide bonds.